The Bertz CT molecular complexity index is 721. The number of carbonyl (C=O) groups excluding carboxylic acids is 1. The van der Waals surface area contributed by atoms with E-state index in [0.717, 1.165) is 10.0 Å². The molecule has 1 aromatic heterocycles. The van der Waals surface area contributed by atoms with Crippen LogP contribution in [0.1, 0.15) is 22.0 Å². The van der Waals surface area contributed by atoms with Gasteiger partial charge in [0.2, 0.25) is 0 Å². The third kappa shape index (κ3) is 3.24. The second-order valence-electron chi connectivity index (χ2n) is 5.42. The number of benzene rings is 1. The quantitative estimate of drug-likeness (QED) is 0.888. The first kappa shape index (κ1) is 15.6. The first-order valence-corrected chi connectivity index (χ1v) is 7.91. The van der Waals surface area contributed by atoms with Gasteiger partial charge in [-0.2, -0.15) is 5.10 Å². The van der Waals surface area contributed by atoms with E-state index in [1.807, 2.05) is 24.3 Å². The summed E-state index contributed by atoms with van der Waals surface area (Å²) in [4.78, 5) is 25.6. The van der Waals surface area contributed by atoms with Gasteiger partial charge in [0.15, 0.2) is 5.69 Å². The summed E-state index contributed by atoms with van der Waals surface area (Å²) in [5.41, 5.74) is 1.14. The standard InChI is InChI=1S/C16H14BrN3O3/c17-11-5-3-10(4-6-11)12-8-20(9-13(12)16(22)23)15(21)14-2-1-7-18-19-14/h1-7,12-13H,8-9H2,(H,22,23)/t12-,13+/m0/s1. The van der Waals surface area contributed by atoms with Crippen molar-refractivity contribution in [2.75, 3.05) is 13.1 Å². The van der Waals surface area contributed by atoms with Crippen LogP contribution in [-0.4, -0.2) is 45.2 Å². The minimum absolute atomic E-state index is 0.172. The molecule has 1 aliphatic rings. The minimum Gasteiger partial charge on any atom is -0.481 e. The summed E-state index contributed by atoms with van der Waals surface area (Å²) in [5, 5.41) is 17.0. The molecule has 2 atom stereocenters. The lowest BCUT2D eigenvalue weighted by atomic mass is 9.89. The fourth-order valence-electron chi connectivity index (χ4n) is 2.85. The highest BCUT2D eigenvalue weighted by molar-refractivity contribution is 9.10. The molecule has 6 nitrogen and oxygen atoms in total. The number of aromatic nitrogens is 2. The topological polar surface area (TPSA) is 83.4 Å². The Morgan fingerprint density at radius 1 is 1.17 bits per heavy atom. The van der Waals surface area contributed by atoms with E-state index in [-0.39, 0.29) is 24.1 Å². The minimum atomic E-state index is -0.896. The second kappa shape index (κ2) is 6.45. The molecule has 1 amide bonds. The number of rotatable bonds is 3. The van der Waals surface area contributed by atoms with Crippen LogP contribution in [0.4, 0.5) is 0 Å². The van der Waals surface area contributed by atoms with Crippen LogP contribution in [0.25, 0.3) is 0 Å². The number of hydrogen-bond acceptors (Lipinski definition) is 4. The van der Waals surface area contributed by atoms with Gasteiger partial charge in [0.1, 0.15) is 0 Å². The smallest absolute Gasteiger partial charge is 0.308 e. The Morgan fingerprint density at radius 2 is 1.91 bits per heavy atom. The van der Waals surface area contributed by atoms with Crippen molar-refractivity contribution in [3.05, 3.63) is 58.3 Å². The van der Waals surface area contributed by atoms with Gasteiger partial charge < -0.3 is 10.0 Å². The number of carbonyl (C=O) groups is 2. The van der Waals surface area contributed by atoms with Crippen LogP contribution < -0.4 is 0 Å². The summed E-state index contributed by atoms with van der Waals surface area (Å²) in [6.45, 7) is 0.527. The molecule has 0 saturated carbocycles. The number of carboxylic acids is 1. The lowest BCUT2D eigenvalue weighted by Gasteiger charge is -2.16. The van der Waals surface area contributed by atoms with E-state index in [0.29, 0.717) is 6.54 Å². The lowest BCUT2D eigenvalue weighted by Crippen LogP contribution is -2.30. The number of nitrogens with zero attached hydrogens (tertiary/aromatic N) is 3. The number of amides is 1. The van der Waals surface area contributed by atoms with Crippen molar-refractivity contribution in [1.29, 1.82) is 0 Å². The molecule has 2 aromatic rings. The molecule has 118 valence electrons. The zero-order valence-electron chi connectivity index (χ0n) is 12.1. The molecule has 0 unspecified atom stereocenters. The predicted molar refractivity (Wildman–Crippen MR) is 85.9 cm³/mol. The number of halogens is 1. The van der Waals surface area contributed by atoms with Crippen LogP contribution in [-0.2, 0) is 4.79 Å². The molecular formula is C16H14BrN3O3. The third-order valence-corrected chi connectivity index (χ3v) is 4.54. The molecule has 1 aliphatic heterocycles. The summed E-state index contributed by atoms with van der Waals surface area (Å²) in [6.07, 6.45) is 1.49. The maximum atomic E-state index is 12.5. The number of likely N-dealkylation sites (tertiary alicyclic amines) is 1. The molecule has 7 heteroatoms. The highest BCUT2D eigenvalue weighted by atomic mass is 79.9. The maximum Gasteiger partial charge on any atom is 0.308 e. The fraction of sp³-hybridized carbons (Fsp3) is 0.250. The predicted octanol–water partition coefficient (Wildman–Crippen LogP) is 2.18. The molecule has 1 aromatic carbocycles. The van der Waals surface area contributed by atoms with Gasteiger partial charge in [-0.15, -0.1) is 5.10 Å². The lowest BCUT2D eigenvalue weighted by molar-refractivity contribution is -0.141. The van der Waals surface area contributed by atoms with E-state index in [1.165, 1.54) is 11.1 Å². The van der Waals surface area contributed by atoms with Gasteiger partial charge in [-0.25, -0.2) is 0 Å². The molecule has 0 bridgehead atoms. The van der Waals surface area contributed by atoms with Crippen LogP contribution in [0.3, 0.4) is 0 Å². The molecule has 23 heavy (non-hydrogen) atoms. The van der Waals surface area contributed by atoms with Gasteiger partial charge in [0, 0.05) is 29.7 Å². The maximum absolute atomic E-state index is 12.5. The molecule has 1 saturated heterocycles. The summed E-state index contributed by atoms with van der Waals surface area (Å²) in [5.74, 6) is -2.05. The zero-order valence-corrected chi connectivity index (χ0v) is 13.7. The van der Waals surface area contributed by atoms with Gasteiger partial charge in [-0.1, -0.05) is 28.1 Å². The largest absolute Gasteiger partial charge is 0.481 e. The Kier molecular flexibility index (Phi) is 4.38. The molecule has 3 rings (SSSR count). The van der Waals surface area contributed by atoms with Crippen molar-refractivity contribution in [2.24, 2.45) is 5.92 Å². The van der Waals surface area contributed by atoms with Crippen LogP contribution in [0.15, 0.2) is 47.1 Å². The van der Waals surface area contributed by atoms with Crippen molar-refractivity contribution in [2.45, 2.75) is 5.92 Å². The average molecular weight is 376 g/mol. The molecule has 0 radical (unpaired) electrons. The van der Waals surface area contributed by atoms with E-state index < -0.39 is 11.9 Å². The van der Waals surface area contributed by atoms with Gasteiger partial charge >= 0.3 is 5.97 Å². The molecule has 2 heterocycles. The average Bonchev–Trinajstić information content (AvgIpc) is 3.01. The van der Waals surface area contributed by atoms with Gasteiger partial charge in [0.05, 0.1) is 5.92 Å². The molecular weight excluding hydrogens is 362 g/mol. The first-order chi connectivity index (χ1) is 11.1. The Labute approximate surface area is 141 Å². The van der Waals surface area contributed by atoms with Crippen LogP contribution in [0.2, 0.25) is 0 Å². The van der Waals surface area contributed by atoms with E-state index in [1.54, 1.807) is 12.1 Å². The van der Waals surface area contributed by atoms with Gasteiger partial charge in [-0.05, 0) is 29.8 Å². The number of aliphatic carboxylic acids is 1. The van der Waals surface area contributed by atoms with Crippen LogP contribution in [0.5, 0.6) is 0 Å². The van der Waals surface area contributed by atoms with E-state index in [4.69, 9.17) is 0 Å². The Morgan fingerprint density at radius 3 is 2.52 bits per heavy atom. The van der Waals surface area contributed by atoms with E-state index >= 15 is 0 Å². The van der Waals surface area contributed by atoms with Gasteiger partial charge in [0.25, 0.3) is 5.91 Å². The first-order valence-electron chi connectivity index (χ1n) is 7.11. The van der Waals surface area contributed by atoms with Crippen molar-refractivity contribution in [1.82, 2.24) is 15.1 Å². The monoisotopic (exact) mass is 375 g/mol. The Hall–Kier alpha value is -2.28. The van der Waals surface area contributed by atoms with Crippen molar-refractivity contribution >= 4 is 27.8 Å². The highest BCUT2D eigenvalue weighted by Crippen LogP contribution is 2.34. The van der Waals surface area contributed by atoms with Crippen molar-refractivity contribution in [3.8, 4) is 0 Å². The van der Waals surface area contributed by atoms with Crippen LogP contribution >= 0.6 is 15.9 Å². The summed E-state index contributed by atoms with van der Waals surface area (Å²) in [7, 11) is 0. The van der Waals surface area contributed by atoms with Gasteiger partial charge in [-0.3, -0.25) is 9.59 Å². The normalized spacial score (nSPS) is 20.5. The Balaban J connectivity index is 1.85. The highest BCUT2D eigenvalue weighted by Gasteiger charge is 2.40. The molecule has 1 fully saturated rings. The van der Waals surface area contributed by atoms with E-state index in [9.17, 15) is 14.7 Å². The van der Waals surface area contributed by atoms with E-state index in [2.05, 4.69) is 26.1 Å². The number of hydrogen-bond donors (Lipinski definition) is 1. The van der Waals surface area contributed by atoms with Crippen LogP contribution in [0, 0.1) is 5.92 Å². The SMILES string of the molecule is O=C(O)[C@@H]1CN(C(=O)c2cccnn2)C[C@H]1c1ccc(Br)cc1. The number of carboxylic acid groups (broad SMARTS) is 1. The van der Waals surface area contributed by atoms with Crippen molar-refractivity contribution in [3.63, 3.8) is 0 Å². The molecule has 0 spiro atoms. The summed E-state index contributed by atoms with van der Waals surface area (Å²) in [6, 6.07) is 10.8. The molecule has 1 N–H and O–H groups in total. The molecule has 0 aliphatic carbocycles. The second-order valence-corrected chi connectivity index (χ2v) is 6.34. The zero-order chi connectivity index (χ0) is 16.4. The summed E-state index contributed by atoms with van der Waals surface area (Å²) < 4.78 is 0.929. The summed E-state index contributed by atoms with van der Waals surface area (Å²) >= 11 is 3.37. The van der Waals surface area contributed by atoms with Crippen molar-refractivity contribution < 1.29 is 14.7 Å². The fourth-order valence-corrected chi connectivity index (χ4v) is 3.11. The third-order valence-electron chi connectivity index (χ3n) is 4.01.